The largest absolute Gasteiger partial charge is 0.486 e. The zero-order valence-electron chi connectivity index (χ0n) is 11.7. The van der Waals surface area contributed by atoms with Crippen molar-refractivity contribution < 1.29 is 9.53 Å². The number of hydrogen-bond donors (Lipinski definition) is 0. The maximum atomic E-state index is 11.7. The van der Waals surface area contributed by atoms with Crippen molar-refractivity contribution in [3.63, 3.8) is 0 Å². The quantitative estimate of drug-likeness (QED) is 0.777. The highest BCUT2D eigenvalue weighted by atomic mass is 32.1. The molecule has 0 atom stereocenters. The number of rotatable bonds is 5. The molecule has 0 radical (unpaired) electrons. The molecule has 0 N–H and O–H groups in total. The maximum Gasteiger partial charge on any atom is 0.171 e. The summed E-state index contributed by atoms with van der Waals surface area (Å²) in [5.74, 6) is 1.45. The summed E-state index contributed by atoms with van der Waals surface area (Å²) >= 11 is 1.47. The van der Waals surface area contributed by atoms with Gasteiger partial charge in [0.15, 0.2) is 5.78 Å². The number of aromatic nitrogens is 1. The summed E-state index contributed by atoms with van der Waals surface area (Å²) in [6.45, 7) is 4.09. The van der Waals surface area contributed by atoms with Crippen LogP contribution in [-0.2, 0) is 6.61 Å². The Morgan fingerprint density at radius 1 is 1.35 bits per heavy atom. The summed E-state index contributed by atoms with van der Waals surface area (Å²) in [5, 5.41) is 0.887. The lowest BCUT2D eigenvalue weighted by Crippen LogP contribution is -1.95. The van der Waals surface area contributed by atoms with Gasteiger partial charge in [-0.25, -0.2) is 4.98 Å². The molecule has 1 aromatic carbocycles. The van der Waals surface area contributed by atoms with E-state index in [1.165, 1.54) is 16.9 Å². The number of ether oxygens (including phenoxy) is 1. The second-order valence-electron chi connectivity index (χ2n) is 5.25. The van der Waals surface area contributed by atoms with Gasteiger partial charge in [0, 0.05) is 12.8 Å². The molecule has 1 aliphatic carbocycles. The number of nitrogens with zero attached hydrogens (tertiary/aromatic N) is 1. The highest BCUT2D eigenvalue weighted by Gasteiger charge is 2.31. The molecule has 0 bridgehead atoms. The maximum absolute atomic E-state index is 11.7. The fourth-order valence-corrected chi connectivity index (χ4v) is 3.06. The molecule has 0 saturated heterocycles. The topological polar surface area (TPSA) is 39.2 Å². The molecule has 3 nitrogen and oxygen atoms in total. The van der Waals surface area contributed by atoms with Crippen LogP contribution in [0.1, 0.15) is 51.6 Å². The van der Waals surface area contributed by atoms with E-state index in [-0.39, 0.29) is 5.78 Å². The number of hydrogen-bond acceptors (Lipinski definition) is 4. The van der Waals surface area contributed by atoms with Crippen LogP contribution in [0.4, 0.5) is 0 Å². The van der Waals surface area contributed by atoms with Gasteiger partial charge in [-0.1, -0.05) is 17.7 Å². The van der Waals surface area contributed by atoms with Crippen molar-refractivity contribution in [1.29, 1.82) is 0 Å². The van der Waals surface area contributed by atoms with E-state index in [1.54, 1.807) is 6.92 Å². The highest BCUT2D eigenvalue weighted by Crippen LogP contribution is 2.42. The molecule has 0 spiro atoms. The average Bonchev–Trinajstić information content (AvgIpc) is 3.18. The first-order valence-electron chi connectivity index (χ1n) is 6.83. The minimum absolute atomic E-state index is 0.117. The second-order valence-corrected chi connectivity index (χ2v) is 6.34. The molecule has 104 valence electrons. The average molecular weight is 287 g/mol. The van der Waals surface area contributed by atoms with Crippen molar-refractivity contribution >= 4 is 17.1 Å². The summed E-state index contributed by atoms with van der Waals surface area (Å²) in [7, 11) is 0. The van der Waals surface area contributed by atoms with Crippen LogP contribution >= 0.6 is 11.3 Å². The molecule has 1 aromatic heterocycles. The fourth-order valence-electron chi connectivity index (χ4n) is 2.11. The molecule has 4 heteroatoms. The van der Waals surface area contributed by atoms with Gasteiger partial charge < -0.3 is 4.74 Å². The zero-order valence-corrected chi connectivity index (χ0v) is 12.5. The number of aryl methyl sites for hydroxylation is 1. The van der Waals surface area contributed by atoms with Gasteiger partial charge in [0.2, 0.25) is 0 Å². The third kappa shape index (κ3) is 2.90. The Labute approximate surface area is 122 Å². The lowest BCUT2D eigenvalue weighted by atomic mass is 10.2. The second kappa shape index (κ2) is 5.37. The van der Waals surface area contributed by atoms with E-state index < -0.39 is 0 Å². The van der Waals surface area contributed by atoms with Gasteiger partial charge in [0.1, 0.15) is 17.4 Å². The molecule has 1 saturated carbocycles. The predicted octanol–water partition coefficient (Wildman–Crippen LogP) is 4.11. The molecule has 1 fully saturated rings. The number of carbonyl (C=O) groups is 1. The van der Waals surface area contributed by atoms with Crippen LogP contribution in [0.15, 0.2) is 24.3 Å². The van der Waals surface area contributed by atoms with Gasteiger partial charge >= 0.3 is 0 Å². The summed E-state index contributed by atoms with van der Waals surface area (Å²) in [5.41, 5.74) is 2.20. The van der Waals surface area contributed by atoms with Gasteiger partial charge in [-0.15, -0.1) is 11.3 Å². The van der Waals surface area contributed by atoms with Crippen LogP contribution in [0.3, 0.4) is 0 Å². The number of thiazole rings is 1. The van der Waals surface area contributed by atoms with Crippen LogP contribution in [0.5, 0.6) is 5.75 Å². The van der Waals surface area contributed by atoms with Crippen molar-refractivity contribution in [2.45, 2.75) is 39.2 Å². The predicted molar refractivity (Wildman–Crippen MR) is 79.6 cm³/mol. The third-order valence-electron chi connectivity index (χ3n) is 3.36. The van der Waals surface area contributed by atoms with E-state index in [1.807, 2.05) is 31.2 Å². The minimum Gasteiger partial charge on any atom is -0.486 e. The SMILES string of the molecule is CC(=O)c1sc(COc2ccc(C)cc2)nc1C1CC1. The Kier molecular flexibility index (Phi) is 3.57. The van der Waals surface area contributed by atoms with Gasteiger partial charge in [-0.05, 0) is 31.9 Å². The molecule has 3 rings (SSSR count). The van der Waals surface area contributed by atoms with Crippen molar-refractivity contribution in [2.24, 2.45) is 0 Å². The zero-order chi connectivity index (χ0) is 14.1. The van der Waals surface area contributed by atoms with E-state index in [2.05, 4.69) is 4.98 Å². The molecule has 0 unspecified atom stereocenters. The molecule has 1 heterocycles. The smallest absolute Gasteiger partial charge is 0.171 e. The third-order valence-corrected chi connectivity index (χ3v) is 4.51. The first kappa shape index (κ1) is 13.3. The summed E-state index contributed by atoms with van der Waals surface area (Å²) in [6, 6.07) is 7.95. The Morgan fingerprint density at radius 3 is 2.65 bits per heavy atom. The molecule has 0 amide bonds. The van der Waals surface area contributed by atoms with Gasteiger partial charge in [-0.3, -0.25) is 4.79 Å². The molecule has 20 heavy (non-hydrogen) atoms. The van der Waals surface area contributed by atoms with E-state index >= 15 is 0 Å². The van der Waals surface area contributed by atoms with Gasteiger partial charge in [-0.2, -0.15) is 0 Å². The monoisotopic (exact) mass is 287 g/mol. The standard InChI is InChI=1S/C16H17NO2S/c1-10-3-7-13(8-4-10)19-9-14-17-15(12-5-6-12)16(20-14)11(2)18/h3-4,7-8,12H,5-6,9H2,1-2H3. The first-order valence-corrected chi connectivity index (χ1v) is 7.65. The minimum atomic E-state index is 0.117. The highest BCUT2D eigenvalue weighted by molar-refractivity contribution is 7.13. The van der Waals surface area contributed by atoms with E-state index in [0.29, 0.717) is 12.5 Å². The Morgan fingerprint density at radius 2 is 2.05 bits per heavy atom. The Hall–Kier alpha value is -1.68. The lowest BCUT2D eigenvalue weighted by molar-refractivity contribution is 0.102. The van der Waals surface area contributed by atoms with E-state index in [9.17, 15) is 4.79 Å². The number of ketones is 1. The van der Waals surface area contributed by atoms with E-state index in [4.69, 9.17) is 4.74 Å². The van der Waals surface area contributed by atoms with Crippen LogP contribution in [0.25, 0.3) is 0 Å². The van der Waals surface area contributed by atoms with Crippen LogP contribution in [0, 0.1) is 6.92 Å². The summed E-state index contributed by atoms with van der Waals surface area (Å²) in [4.78, 5) is 17.1. The Bertz CT molecular complexity index is 626. The molecule has 0 aliphatic heterocycles. The summed E-state index contributed by atoms with van der Waals surface area (Å²) < 4.78 is 5.73. The Balaban J connectivity index is 1.72. The first-order chi connectivity index (χ1) is 9.63. The summed E-state index contributed by atoms with van der Waals surface area (Å²) in [6.07, 6.45) is 2.31. The van der Waals surface area contributed by atoms with Crippen molar-refractivity contribution in [3.8, 4) is 5.75 Å². The van der Waals surface area contributed by atoms with Crippen molar-refractivity contribution in [3.05, 3.63) is 45.4 Å². The lowest BCUT2D eigenvalue weighted by Gasteiger charge is -2.03. The van der Waals surface area contributed by atoms with Crippen LogP contribution in [-0.4, -0.2) is 10.8 Å². The van der Waals surface area contributed by atoms with Crippen molar-refractivity contribution in [1.82, 2.24) is 4.98 Å². The molecular weight excluding hydrogens is 270 g/mol. The van der Waals surface area contributed by atoms with Crippen molar-refractivity contribution in [2.75, 3.05) is 0 Å². The van der Waals surface area contributed by atoms with Crippen LogP contribution in [0.2, 0.25) is 0 Å². The molecular formula is C16H17NO2S. The van der Waals surface area contributed by atoms with Gasteiger partial charge in [0.25, 0.3) is 0 Å². The van der Waals surface area contributed by atoms with Crippen LogP contribution < -0.4 is 4.74 Å². The number of benzene rings is 1. The fraction of sp³-hybridized carbons (Fsp3) is 0.375. The normalized spacial score (nSPS) is 14.3. The number of carbonyl (C=O) groups excluding carboxylic acids is 1. The van der Waals surface area contributed by atoms with E-state index in [0.717, 1.165) is 34.2 Å². The molecule has 1 aliphatic rings. The number of Topliss-reactive ketones (excluding diaryl/α,β-unsaturated/α-hetero) is 1. The van der Waals surface area contributed by atoms with Gasteiger partial charge in [0.05, 0.1) is 10.6 Å². The molecule has 2 aromatic rings.